The van der Waals surface area contributed by atoms with Gasteiger partial charge in [0.25, 0.3) is 0 Å². The first-order chi connectivity index (χ1) is 13.5. The maximum atomic E-state index is 12.9. The number of fused-ring (bicyclic) bond motifs is 1. The third-order valence-electron chi connectivity index (χ3n) is 5.26. The molecule has 0 atom stereocenters. The van der Waals surface area contributed by atoms with E-state index in [2.05, 4.69) is 0 Å². The van der Waals surface area contributed by atoms with Gasteiger partial charge in [0.1, 0.15) is 5.65 Å². The second-order valence-corrected chi connectivity index (χ2v) is 7.45. The number of carbonyl (C=O) groups is 2. The summed E-state index contributed by atoms with van der Waals surface area (Å²) in [6.45, 7) is 0.950. The quantitative estimate of drug-likeness (QED) is 0.730. The molecule has 1 aliphatic heterocycles. The fraction of sp³-hybridized carbons (Fsp3) is 0.286. The van der Waals surface area contributed by atoms with Gasteiger partial charge in [0.2, 0.25) is 5.91 Å². The van der Waals surface area contributed by atoms with E-state index in [-0.39, 0.29) is 18.2 Å². The Labute approximate surface area is 167 Å². The first-order valence-electron chi connectivity index (χ1n) is 9.25. The van der Waals surface area contributed by atoms with E-state index in [0.717, 1.165) is 22.6 Å². The number of likely N-dealkylation sites (tertiary alicyclic amines) is 1. The smallest absolute Gasteiger partial charge is 0.306 e. The molecular weight excluding hydrogens is 378 g/mol. The average Bonchev–Trinajstić information content (AvgIpc) is 3.07. The van der Waals surface area contributed by atoms with E-state index < -0.39 is 5.97 Å². The van der Waals surface area contributed by atoms with Crippen LogP contribution in [-0.2, 0) is 16.0 Å². The molecule has 0 bridgehead atoms. The molecule has 0 unspecified atom stereocenters. The number of aromatic nitrogens is 2. The third kappa shape index (κ3) is 3.60. The molecule has 3 aromatic rings. The van der Waals surface area contributed by atoms with Gasteiger partial charge in [-0.05, 0) is 37.1 Å². The highest BCUT2D eigenvalue weighted by molar-refractivity contribution is 6.30. The number of carbonyl (C=O) groups excluding carboxylic acids is 1. The topological polar surface area (TPSA) is 74.9 Å². The summed E-state index contributed by atoms with van der Waals surface area (Å²) in [5.74, 6) is -1.15. The molecule has 4 rings (SSSR count). The lowest BCUT2D eigenvalue weighted by molar-refractivity contribution is -0.145. The van der Waals surface area contributed by atoms with Gasteiger partial charge in [-0.15, -0.1) is 0 Å². The van der Waals surface area contributed by atoms with Crippen LogP contribution in [0.2, 0.25) is 5.02 Å². The van der Waals surface area contributed by atoms with Gasteiger partial charge in [-0.25, -0.2) is 4.98 Å². The van der Waals surface area contributed by atoms with Crippen LogP contribution in [0.5, 0.6) is 0 Å². The van der Waals surface area contributed by atoms with Crippen molar-refractivity contribution in [2.24, 2.45) is 5.92 Å². The van der Waals surface area contributed by atoms with Crippen molar-refractivity contribution >= 4 is 29.1 Å². The molecule has 2 aromatic heterocycles. The van der Waals surface area contributed by atoms with Crippen LogP contribution in [0.15, 0.2) is 48.7 Å². The van der Waals surface area contributed by atoms with Crippen LogP contribution in [0.3, 0.4) is 0 Å². The summed E-state index contributed by atoms with van der Waals surface area (Å²) in [5, 5.41) is 9.79. The molecule has 1 aromatic carbocycles. The van der Waals surface area contributed by atoms with Crippen molar-refractivity contribution < 1.29 is 14.7 Å². The van der Waals surface area contributed by atoms with Crippen LogP contribution in [0.4, 0.5) is 0 Å². The summed E-state index contributed by atoms with van der Waals surface area (Å²) in [5.41, 5.74) is 3.26. The summed E-state index contributed by atoms with van der Waals surface area (Å²) in [6.07, 6.45) is 3.11. The van der Waals surface area contributed by atoms with Crippen molar-refractivity contribution in [3.8, 4) is 11.3 Å². The Morgan fingerprint density at radius 1 is 1.11 bits per heavy atom. The molecule has 0 spiro atoms. The molecule has 3 heterocycles. The Hall–Kier alpha value is -2.86. The predicted octanol–water partition coefficient (Wildman–Crippen LogP) is 3.52. The van der Waals surface area contributed by atoms with Crippen molar-refractivity contribution in [3.05, 3.63) is 59.4 Å². The molecule has 28 heavy (non-hydrogen) atoms. The van der Waals surface area contributed by atoms with E-state index in [4.69, 9.17) is 21.7 Å². The van der Waals surface area contributed by atoms with Gasteiger partial charge in [0.15, 0.2) is 0 Å². The number of hydrogen-bond donors (Lipinski definition) is 1. The molecule has 7 heteroatoms. The highest BCUT2D eigenvalue weighted by Gasteiger charge is 2.28. The number of aliphatic carboxylic acids is 1. The van der Waals surface area contributed by atoms with Gasteiger partial charge < -0.3 is 14.4 Å². The number of amides is 1. The van der Waals surface area contributed by atoms with E-state index in [1.165, 1.54) is 0 Å². The van der Waals surface area contributed by atoms with Crippen LogP contribution in [0.1, 0.15) is 18.5 Å². The van der Waals surface area contributed by atoms with Gasteiger partial charge in [-0.1, -0.05) is 29.8 Å². The van der Waals surface area contributed by atoms with Crippen molar-refractivity contribution in [2.45, 2.75) is 19.3 Å². The molecule has 1 saturated heterocycles. The van der Waals surface area contributed by atoms with E-state index in [1.54, 1.807) is 4.90 Å². The zero-order valence-corrected chi connectivity index (χ0v) is 16.0. The molecule has 1 amide bonds. The lowest BCUT2D eigenvalue weighted by Gasteiger charge is -2.30. The molecule has 0 saturated carbocycles. The first-order valence-corrected chi connectivity index (χ1v) is 9.63. The minimum atomic E-state index is -0.779. The molecule has 0 radical (unpaired) electrons. The van der Waals surface area contributed by atoms with Crippen LogP contribution < -0.4 is 0 Å². The molecule has 1 N–H and O–H groups in total. The number of hydrogen-bond acceptors (Lipinski definition) is 3. The van der Waals surface area contributed by atoms with Crippen LogP contribution in [0, 0.1) is 5.92 Å². The second kappa shape index (κ2) is 7.64. The van der Waals surface area contributed by atoms with Crippen LogP contribution in [0.25, 0.3) is 16.9 Å². The summed E-state index contributed by atoms with van der Waals surface area (Å²) >= 11 is 6.01. The highest BCUT2D eigenvalue weighted by atomic mass is 35.5. The van der Waals surface area contributed by atoms with Crippen LogP contribution in [-0.4, -0.2) is 44.4 Å². The van der Waals surface area contributed by atoms with Crippen molar-refractivity contribution in [1.82, 2.24) is 14.3 Å². The van der Waals surface area contributed by atoms with Gasteiger partial charge in [0, 0.05) is 29.9 Å². The zero-order chi connectivity index (χ0) is 19.7. The fourth-order valence-corrected chi connectivity index (χ4v) is 3.81. The number of pyridine rings is 1. The van der Waals surface area contributed by atoms with E-state index in [1.807, 2.05) is 53.1 Å². The third-order valence-corrected chi connectivity index (χ3v) is 5.51. The predicted molar refractivity (Wildman–Crippen MR) is 106 cm³/mol. The highest BCUT2D eigenvalue weighted by Crippen LogP contribution is 2.27. The second-order valence-electron chi connectivity index (χ2n) is 7.01. The largest absolute Gasteiger partial charge is 0.481 e. The monoisotopic (exact) mass is 397 g/mol. The normalized spacial score (nSPS) is 15.1. The fourth-order valence-electron chi connectivity index (χ4n) is 3.69. The molecule has 0 aliphatic carbocycles. The van der Waals surface area contributed by atoms with E-state index in [0.29, 0.717) is 31.0 Å². The Kier molecular flexibility index (Phi) is 5.05. The van der Waals surface area contributed by atoms with Gasteiger partial charge in [-0.2, -0.15) is 0 Å². The molecule has 1 fully saturated rings. The van der Waals surface area contributed by atoms with E-state index >= 15 is 0 Å². The number of benzene rings is 1. The number of carboxylic acid groups (broad SMARTS) is 1. The number of imidazole rings is 1. The lowest BCUT2D eigenvalue weighted by atomic mass is 9.97. The number of carboxylic acids is 1. The number of piperidine rings is 1. The molecular formula is C21H20ClN3O3. The molecule has 1 aliphatic rings. The Bertz CT molecular complexity index is 1020. The van der Waals surface area contributed by atoms with Crippen molar-refractivity contribution in [3.63, 3.8) is 0 Å². The van der Waals surface area contributed by atoms with Crippen molar-refractivity contribution in [2.75, 3.05) is 13.1 Å². The maximum absolute atomic E-state index is 12.9. The summed E-state index contributed by atoms with van der Waals surface area (Å²) < 4.78 is 1.94. The van der Waals surface area contributed by atoms with Gasteiger partial charge in [0.05, 0.1) is 23.7 Å². The van der Waals surface area contributed by atoms with Gasteiger partial charge in [-0.3, -0.25) is 9.59 Å². The van der Waals surface area contributed by atoms with Crippen molar-refractivity contribution in [1.29, 1.82) is 0 Å². The zero-order valence-electron chi connectivity index (χ0n) is 15.2. The Morgan fingerprint density at radius 3 is 2.50 bits per heavy atom. The number of halogens is 1. The van der Waals surface area contributed by atoms with E-state index in [9.17, 15) is 9.59 Å². The summed E-state index contributed by atoms with van der Waals surface area (Å²) in [4.78, 5) is 30.5. The Balaban J connectivity index is 1.62. The lowest BCUT2D eigenvalue weighted by Crippen LogP contribution is -2.41. The number of rotatable bonds is 4. The summed E-state index contributed by atoms with van der Waals surface area (Å²) in [7, 11) is 0. The first kappa shape index (κ1) is 18.5. The Morgan fingerprint density at radius 2 is 1.82 bits per heavy atom. The minimum Gasteiger partial charge on any atom is -0.481 e. The number of nitrogens with zero attached hydrogens (tertiary/aromatic N) is 3. The van der Waals surface area contributed by atoms with Gasteiger partial charge >= 0.3 is 5.97 Å². The minimum absolute atomic E-state index is 0.00953. The summed E-state index contributed by atoms with van der Waals surface area (Å²) in [6, 6.07) is 13.1. The average molecular weight is 398 g/mol. The molecule has 144 valence electrons. The van der Waals surface area contributed by atoms with Crippen LogP contribution >= 0.6 is 11.6 Å². The SMILES string of the molecule is O=C(O)C1CCN(C(=O)Cc2c(-c3ccc(Cl)cc3)nc3ccccn23)CC1. The standard InChI is InChI=1S/C21H20ClN3O3/c22-16-6-4-14(5-7-16)20-17(25-10-2-1-3-18(25)23-20)13-19(26)24-11-8-15(9-12-24)21(27)28/h1-7,10,15H,8-9,11-13H2,(H,27,28). The maximum Gasteiger partial charge on any atom is 0.306 e. The molecule has 6 nitrogen and oxygen atoms in total.